The summed E-state index contributed by atoms with van der Waals surface area (Å²) in [6.45, 7) is 5.00. The molecule has 1 amide bonds. The Morgan fingerprint density at radius 3 is 2.46 bits per heavy atom. The maximum Gasteiger partial charge on any atom is 0.274 e. The van der Waals surface area contributed by atoms with E-state index in [9.17, 15) is 23.3 Å². The van der Waals surface area contributed by atoms with Crippen LogP contribution in [-0.4, -0.2) is 32.4 Å². The standard InChI is InChI=1S/C18H21N3O6S/c1-11(2)19-18(22)14-10-13(8-9-17(14)27-4)28(25,26)20-15-6-5-7-16(12(15)3)21(23)24/h5-11,20H,1-4H3,(H,19,22). The monoisotopic (exact) mass is 407 g/mol. The molecule has 0 saturated heterocycles. The summed E-state index contributed by atoms with van der Waals surface area (Å²) >= 11 is 0. The highest BCUT2D eigenvalue weighted by Gasteiger charge is 2.22. The van der Waals surface area contributed by atoms with Gasteiger partial charge in [0, 0.05) is 12.1 Å². The summed E-state index contributed by atoms with van der Waals surface area (Å²) in [5.74, 6) is -0.251. The number of nitrogens with one attached hydrogen (secondary N) is 2. The van der Waals surface area contributed by atoms with Crippen molar-refractivity contribution in [1.82, 2.24) is 5.32 Å². The van der Waals surface area contributed by atoms with Crippen LogP contribution in [0.5, 0.6) is 5.75 Å². The molecule has 0 unspecified atom stereocenters. The van der Waals surface area contributed by atoms with E-state index in [1.165, 1.54) is 50.4 Å². The molecule has 0 atom stereocenters. The van der Waals surface area contributed by atoms with Crippen molar-refractivity contribution in [2.75, 3.05) is 11.8 Å². The lowest BCUT2D eigenvalue weighted by atomic mass is 10.1. The molecule has 0 bridgehead atoms. The highest BCUT2D eigenvalue weighted by Crippen LogP contribution is 2.28. The number of rotatable bonds is 7. The first-order valence-electron chi connectivity index (χ1n) is 8.32. The number of methoxy groups -OCH3 is 1. The first-order chi connectivity index (χ1) is 13.1. The summed E-state index contributed by atoms with van der Waals surface area (Å²) in [6.07, 6.45) is 0. The number of nitro benzene ring substituents is 1. The molecule has 10 heteroatoms. The molecule has 2 aromatic carbocycles. The van der Waals surface area contributed by atoms with Crippen LogP contribution >= 0.6 is 0 Å². The number of nitrogens with zero attached hydrogens (tertiary/aromatic N) is 1. The molecule has 150 valence electrons. The Kier molecular flexibility index (Phi) is 6.24. The normalized spacial score (nSPS) is 11.2. The minimum absolute atomic E-state index is 0.0647. The number of benzene rings is 2. The third-order valence-corrected chi connectivity index (χ3v) is 5.26. The van der Waals surface area contributed by atoms with Crippen LogP contribution in [0.15, 0.2) is 41.3 Å². The van der Waals surface area contributed by atoms with Gasteiger partial charge in [0.05, 0.1) is 33.7 Å². The van der Waals surface area contributed by atoms with Gasteiger partial charge in [-0.2, -0.15) is 0 Å². The first-order valence-corrected chi connectivity index (χ1v) is 9.81. The molecule has 0 spiro atoms. The summed E-state index contributed by atoms with van der Waals surface area (Å²) in [7, 11) is -2.72. The third-order valence-electron chi connectivity index (χ3n) is 3.89. The van der Waals surface area contributed by atoms with Gasteiger partial charge in [0.25, 0.3) is 21.6 Å². The summed E-state index contributed by atoms with van der Waals surface area (Å²) in [6, 6.07) is 7.82. The molecule has 0 radical (unpaired) electrons. The lowest BCUT2D eigenvalue weighted by molar-refractivity contribution is -0.385. The zero-order valence-electron chi connectivity index (χ0n) is 15.8. The summed E-state index contributed by atoms with van der Waals surface area (Å²) in [5.41, 5.74) is 0.127. The third kappa shape index (κ3) is 4.58. The molecular formula is C18H21N3O6S. The maximum atomic E-state index is 12.8. The molecule has 2 rings (SSSR count). The number of carbonyl (C=O) groups excluding carboxylic acids is 1. The van der Waals surface area contributed by atoms with Gasteiger partial charge in [-0.1, -0.05) is 6.07 Å². The number of hydrogen-bond acceptors (Lipinski definition) is 6. The predicted molar refractivity (Wildman–Crippen MR) is 104 cm³/mol. The van der Waals surface area contributed by atoms with E-state index < -0.39 is 20.9 Å². The zero-order valence-corrected chi connectivity index (χ0v) is 16.7. The van der Waals surface area contributed by atoms with E-state index in [1.54, 1.807) is 13.8 Å². The predicted octanol–water partition coefficient (Wildman–Crippen LogP) is 2.85. The number of amides is 1. The van der Waals surface area contributed by atoms with Crippen molar-refractivity contribution in [3.05, 3.63) is 57.6 Å². The average Bonchev–Trinajstić information content (AvgIpc) is 2.61. The van der Waals surface area contributed by atoms with Crippen LogP contribution < -0.4 is 14.8 Å². The van der Waals surface area contributed by atoms with Crippen molar-refractivity contribution in [1.29, 1.82) is 0 Å². The van der Waals surface area contributed by atoms with Crippen LogP contribution in [-0.2, 0) is 10.0 Å². The molecular weight excluding hydrogens is 386 g/mol. The van der Waals surface area contributed by atoms with Crippen LogP contribution in [0.4, 0.5) is 11.4 Å². The second kappa shape index (κ2) is 8.26. The van der Waals surface area contributed by atoms with E-state index in [1.807, 2.05) is 0 Å². The van der Waals surface area contributed by atoms with Crippen molar-refractivity contribution in [3.63, 3.8) is 0 Å². The fourth-order valence-corrected chi connectivity index (χ4v) is 3.66. The molecule has 0 heterocycles. The summed E-state index contributed by atoms with van der Waals surface area (Å²) < 4.78 is 33.0. The highest BCUT2D eigenvalue weighted by atomic mass is 32.2. The summed E-state index contributed by atoms with van der Waals surface area (Å²) in [4.78, 5) is 22.7. The first kappa shape index (κ1) is 21.2. The smallest absolute Gasteiger partial charge is 0.274 e. The van der Waals surface area contributed by atoms with Crippen molar-refractivity contribution in [2.45, 2.75) is 31.7 Å². The van der Waals surface area contributed by atoms with Crippen molar-refractivity contribution < 1.29 is 22.9 Å². The molecule has 0 saturated carbocycles. The van der Waals surface area contributed by atoms with Gasteiger partial charge in [-0.15, -0.1) is 0 Å². The zero-order chi connectivity index (χ0) is 21.1. The molecule has 9 nitrogen and oxygen atoms in total. The number of carbonyl (C=O) groups is 1. The van der Waals surface area contributed by atoms with Crippen LogP contribution in [0.2, 0.25) is 0 Å². The number of sulfonamides is 1. The van der Waals surface area contributed by atoms with Gasteiger partial charge in [-0.25, -0.2) is 8.42 Å². The molecule has 0 fully saturated rings. The fourth-order valence-electron chi connectivity index (χ4n) is 2.51. The fraction of sp³-hybridized carbons (Fsp3) is 0.278. The second-order valence-electron chi connectivity index (χ2n) is 6.30. The lowest BCUT2D eigenvalue weighted by Crippen LogP contribution is -2.30. The SMILES string of the molecule is COc1ccc(S(=O)(=O)Nc2cccc([N+](=O)[O-])c2C)cc1C(=O)NC(C)C. The van der Waals surface area contributed by atoms with Crippen molar-refractivity contribution in [3.8, 4) is 5.75 Å². The van der Waals surface area contributed by atoms with Gasteiger partial charge in [-0.05, 0) is 45.0 Å². The van der Waals surface area contributed by atoms with E-state index in [4.69, 9.17) is 4.74 Å². The molecule has 2 N–H and O–H groups in total. The maximum absolute atomic E-state index is 12.8. The number of anilines is 1. The minimum Gasteiger partial charge on any atom is -0.496 e. The number of ether oxygens (including phenoxy) is 1. The molecule has 0 aliphatic carbocycles. The summed E-state index contributed by atoms with van der Waals surface area (Å²) in [5, 5.41) is 13.7. The molecule has 2 aromatic rings. The molecule has 0 aliphatic heterocycles. The topological polar surface area (TPSA) is 128 Å². The van der Waals surface area contributed by atoms with E-state index in [0.29, 0.717) is 0 Å². The Labute approximate surface area is 162 Å². The van der Waals surface area contributed by atoms with Gasteiger partial charge >= 0.3 is 0 Å². The molecule has 0 aromatic heterocycles. The quantitative estimate of drug-likeness (QED) is 0.537. The Balaban J connectivity index is 2.45. The average molecular weight is 407 g/mol. The van der Waals surface area contributed by atoms with Crippen LogP contribution in [0, 0.1) is 17.0 Å². The van der Waals surface area contributed by atoms with E-state index in [2.05, 4.69) is 10.0 Å². The van der Waals surface area contributed by atoms with Gasteiger partial charge in [0.15, 0.2) is 0 Å². The Morgan fingerprint density at radius 1 is 1.21 bits per heavy atom. The highest BCUT2D eigenvalue weighted by molar-refractivity contribution is 7.92. The van der Waals surface area contributed by atoms with Gasteiger partial charge in [0.2, 0.25) is 0 Å². The number of nitro groups is 1. The Morgan fingerprint density at radius 2 is 1.89 bits per heavy atom. The van der Waals surface area contributed by atoms with Gasteiger partial charge in [0.1, 0.15) is 5.75 Å². The van der Waals surface area contributed by atoms with Crippen molar-refractivity contribution in [2.24, 2.45) is 0 Å². The van der Waals surface area contributed by atoms with Crippen LogP contribution in [0.3, 0.4) is 0 Å². The molecule has 28 heavy (non-hydrogen) atoms. The largest absolute Gasteiger partial charge is 0.496 e. The Bertz CT molecular complexity index is 1020. The van der Waals surface area contributed by atoms with Crippen LogP contribution in [0.1, 0.15) is 29.8 Å². The van der Waals surface area contributed by atoms with E-state index in [0.717, 1.165) is 0 Å². The van der Waals surface area contributed by atoms with E-state index in [-0.39, 0.29) is 39.2 Å². The number of hydrogen-bond donors (Lipinski definition) is 2. The van der Waals surface area contributed by atoms with Crippen LogP contribution in [0.25, 0.3) is 0 Å². The second-order valence-corrected chi connectivity index (χ2v) is 7.98. The minimum atomic E-state index is -4.10. The lowest BCUT2D eigenvalue weighted by Gasteiger charge is -2.14. The Hall–Kier alpha value is -3.14. The molecule has 0 aliphatic rings. The van der Waals surface area contributed by atoms with Gasteiger partial charge in [-0.3, -0.25) is 19.6 Å². The van der Waals surface area contributed by atoms with Gasteiger partial charge < -0.3 is 10.1 Å². The van der Waals surface area contributed by atoms with E-state index >= 15 is 0 Å². The van der Waals surface area contributed by atoms with Crippen molar-refractivity contribution >= 4 is 27.3 Å².